The number of esters is 1. The average Bonchev–Trinajstić information content (AvgIpc) is 3.59. The van der Waals surface area contributed by atoms with Crippen LogP contribution in [0.15, 0.2) is 48.5 Å². The first-order chi connectivity index (χ1) is 16.6. The normalized spacial score (nSPS) is 18.9. The van der Waals surface area contributed by atoms with Gasteiger partial charge in [-0.1, -0.05) is 95.9 Å². The second-order valence-corrected chi connectivity index (χ2v) is 9.96. The molecule has 3 rings (SSSR count). The van der Waals surface area contributed by atoms with Crippen molar-refractivity contribution >= 4 is 5.97 Å². The van der Waals surface area contributed by atoms with Gasteiger partial charge in [-0.3, -0.25) is 0 Å². The first kappa shape index (κ1) is 26.0. The molecule has 0 saturated heterocycles. The lowest BCUT2D eigenvalue weighted by Gasteiger charge is -2.11. The predicted molar refractivity (Wildman–Crippen MR) is 139 cm³/mol. The van der Waals surface area contributed by atoms with Crippen molar-refractivity contribution in [2.75, 3.05) is 0 Å². The van der Waals surface area contributed by atoms with E-state index in [9.17, 15) is 10.1 Å². The Hall–Kier alpha value is -2.60. The number of benzene rings is 2. The summed E-state index contributed by atoms with van der Waals surface area (Å²) in [7, 11) is 0. The minimum Gasteiger partial charge on any atom is -0.423 e. The highest BCUT2D eigenvalue weighted by Gasteiger charge is 2.55. The number of rotatable bonds is 15. The van der Waals surface area contributed by atoms with E-state index in [4.69, 9.17) is 4.74 Å². The van der Waals surface area contributed by atoms with Crippen LogP contribution >= 0.6 is 0 Å². The highest BCUT2D eigenvalue weighted by Crippen LogP contribution is 2.56. The average molecular weight is 460 g/mol. The van der Waals surface area contributed by atoms with Crippen LogP contribution in [0.5, 0.6) is 5.75 Å². The molecule has 3 nitrogen and oxygen atoms in total. The van der Waals surface area contributed by atoms with E-state index in [2.05, 4.69) is 19.9 Å². The van der Waals surface area contributed by atoms with Gasteiger partial charge in [0.1, 0.15) is 5.75 Å². The standard InChI is InChI=1S/C31H41NO2/c1-3-5-7-9-10-11-13-25-15-17-26(18-16-25)30(33)34-29-21-19-27(20-22-29)31(24-32)23-28(31)14-12-8-6-4-2/h15-22,28H,3-14,23H2,1-2H3/t28-,31-/m0/s1. The summed E-state index contributed by atoms with van der Waals surface area (Å²) in [4.78, 5) is 12.6. The zero-order valence-corrected chi connectivity index (χ0v) is 21.2. The van der Waals surface area contributed by atoms with Gasteiger partial charge in [0.25, 0.3) is 0 Å². The van der Waals surface area contributed by atoms with Gasteiger partial charge in [-0.15, -0.1) is 0 Å². The highest BCUT2D eigenvalue weighted by atomic mass is 16.5. The third-order valence-corrected chi connectivity index (χ3v) is 7.30. The fourth-order valence-corrected chi connectivity index (χ4v) is 4.95. The Balaban J connectivity index is 1.47. The number of carbonyl (C=O) groups excluding carboxylic acids is 1. The van der Waals surface area contributed by atoms with Crippen LogP contribution in [-0.2, 0) is 11.8 Å². The number of aryl methyl sites for hydroxylation is 1. The number of ether oxygens (including phenoxy) is 1. The maximum absolute atomic E-state index is 12.6. The van der Waals surface area contributed by atoms with Crippen LogP contribution in [0, 0.1) is 17.2 Å². The Labute approximate surface area is 206 Å². The molecule has 0 aliphatic heterocycles. The summed E-state index contributed by atoms with van der Waals surface area (Å²) in [6.07, 6.45) is 15.8. The van der Waals surface area contributed by atoms with Gasteiger partial charge in [0.05, 0.1) is 17.0 Å². The van der Waals surface area contributed by atoms with Crippen molar-refractivity contribution in [2.24, 2.45) is 5.92 Å². The van der Waals surface area contributed by atoms with E-state index in [-0.39, 0.29) is 11.4 Å². The molecule has 1 aliphatic rings. The molecule has 3 heteroatoms. The van der Waals surface area contributed by atoms with Gasteiger partial charge < -0.3 is 4.74 Å². The molecule has 0 amide bonds. The maximum atomic E-state index is 12.6. The number of nitrogens with zero attached hydrogens (tertiary/aromatic N) is 1. The monoisotopic (exact) mass is 459 g/mol. The highest BCUT2D eigenvalue weighted by molar-refractivity contribution is 5.91. The summed E-state index contributed by atoms with van der Waals surface area (Å²) >= 11 is 0. The van der Waals surface area contributed by atoms with Crippen LogP contribution in [0.1, 0.15) is 112 Å². The quantitative estimate of drug-likeness (QED) is 0.152. The van der Waals surface area contributed by atoms with Crippen molar-refractivity contribution in [2.45, 2.75) is 103 Å². The molecule has 2 aromatic carbocycles. The van der Waals surface area contributed by atoms with Crippen molar-refractivity contribution in [3.8, 4) is 11.8 Å². The summed E-state index contributed by atoms with van der Waals surface area (Å²) in [5.74, 6) is 0.643. The van der Waals surface area contributed by atoms with E-state index in [1.807, 2.05) is 48.5 Å². The molecule has 0 aromatic heterocycles. The molecule has 0 unspecified atom stereocenters. The Bertz CT molecular complexity index is 925. The number of carbonyl (C=O) groups is 1. The van der Waals surface area contributed by atoms with Gasteiger partial charge in [-0.05, 0) is 67.0 Å². The molecule has 2 aromatic rings. The summed E-state index contributed by atoms with van der Waals surface area (Å²) in [5, 5.41) is 9.84. The molecule has 0 radical (unpaired) electrons. The molecule has 0 spiro atoms. The van der Waals surface area contributed by atoms with Gasteiger partial charge >= 0.3 is 5.97 Å². The molecule has 0 N–H and O–H groups in total. The van der Waals surface area contributed by atoms with Crippen molar-refractivity contribution in [3.63, 3.8) is 0 Å². The Morgan fingerprint density at radius 3 is 2.15 bits per heavy atom. The second kappa shape index (κ2) is 13.3. The minimum absolute atomic E-state index is 0.339. The van der Waals surface area contributed by atoms with Crippen molar-refractivity contribution in [3.05, 3.63) is 65.2 Å². The lowest BCUT2D eigenvalue weighted by atomic mass is 9.93. The Morgan fingerprint density at radius 2 is 1.50 bits per heavy atom. The van der Waals surface area contributed by atoms with E-state index < -0.39 is 0 Å². The van der Waals surface area contributed by atoms with Gasteiger partial charge in [0.2, 0.25) is 0 Å². The van der Waals surface area contributed by atoms with Crippen LogP contribution in [0.4, 0.5) is 0 Å². The zero-order valence-electron chi connectivity index (χ0n) is 21.2. The molecule has 0 bridgehead atoms. The molecule has 1 saturated carbocycles. The van der Waals surface area contributed by atoms with Gasteiger partial charge in [0, 0.05) is 0 Å². The van der Waals surface area contributed by atoms with Crippen LogP contribution in [0.2, 0.25) is 0 Å². The summed E-state index contributed by atoms with van der Waals surface area (Å²) < 4.78 is 5.59. The van der Waals surface area contributed by atoms with Crippen LogP contribution in [-0.4, -0.2) is 5.97 Å². The third kappa shape index (κ3) is 7.20. The van der Waals surface area contributed by atoms with E-state index in [0.717, 1.165) is 24.8 Å². The molecule has 34 heavy (non-hydrogen) atoms. The Morgan fingerprint density at radius 1 is 0.882 bits per heavy atom. The SMILES string of the molecule is CCCCCCCCc1ccc(C(=O)Oc2ccc([C@@]3(C#N)C[C@@H]3CCCCCC)cc2)cc1. The molecule has 2 atom stereocenters. The van der Waals surface area contributed by atoms with E-state index in [1.54, 1.807) is 0 Å². The van der Waals surface area contributed by atoms with Crippen LogP contribution < -0.4 is 4.74 Å². The van der Waals surface area contributed by atoms with E-state index in [1.165, 1.54) is 69.8 Å². The summed E-state index contributed by atoms with van der Waals surface area (Å²) in [6, 6.07) is 17.9. The molecule has 182 valence electrons. The van der Waals surface area contributed by atoms with Crippen molar-refractivity contribution in [1.29, 1.82) is 5.26 Å². The number of hydrogen-bond donors (Lipinski definition) is 0. The first-order valence-corrected chi connectivity index (χ1v) is 13.5. The van der Waals surface area contributed by atoms with E-state index >= 15 is 0 Å². The number of hydrogen-bond acceptors (Lipinski definition) is 3. The Kier molecular flexibility index (Phi) is 10.2. The van der Waals surface area contributed by atoms with E-state index in [0.29, 0.717) is 17.2 Å². The largest absolute Gasteiger partial charge is 0.423 e. The first-order valence-electron chi connectivity index (χ1n) is 13.5. The van der Waals surface area contributed by atoms with Gasteiger partial charge in [-0.25, -0.2) is 4.79 Å². The van der Waals surface area contributed by atoms with Crippen molar-refractivity contribution < 1.29 is 9.53 Å². The second-order valence-electron chi connectivity index (χ2n) is 9.96. The fraction of sp³-hybridized carbons (Fsp3) is 0.548. The molecule has 0 heterocycles. The smallest absolute Gasteiger partial charge is 0.343 e. The topological polar surface area (TPSA) is 50.1 Å². The predicted octanol–water partition coefficient (Wildman–Crippen LogP) is 8.56. The zero-order chi connectivity index (χ0) is 24.2. The third-order valence-electron chi connectivity index (χ3n) is 7.30. The van der Waals surface area contributed by atoms with Crippen molar-refractivity contribution in [1.82, 2.24) is 0 Å². The lowest BCUT2D eigenvalue weighted by molar-refractivity contribution is 0.0734. The van der Waals surface area contributed by atoms with Gasteiger partial charge in [0.15, 0.2) is 0 Å². The molecule has 1 aliphatic carbocycles. The van der Waals surface area contributed by atoms with Crippen LogP contribution in [0.25, 0.3) is 0 Å². The number of unbranched alkanes of at least 4 members (excludes halogenated alkanes) is 8. The number of nitriles is 1. The lowest BCUT2D eigenvalue weighted by Crippen LogP contribution is -2.10. The summed E-state index contributed by atoms with van der Waals surface area (Å²) in [5.41, 5.74) is 2.54. The summed E-state index contributed by atoms with van der Waals surface area (Å²) in [6.45, 7) is 4.46. The molecular weight excluding hydrogens is 418 g/mol. The maximum Gasteiger partial charge on any atom is 0.343 e. The van der Waals surface area contributed by atoms with Crippen LogP contribution in [0.3, 0.4) is 0 Å². The molecular formula is C31H41NO2. The van der Waals surface area contributed by atoms with Gasteiger partial charge in [-0.2, -0.15) is 5.26 Å². The molecule has 1 fully saturated rings. The fourth-order valence-electron chi connectivity index (χ4n) is 4.95. The minimum atomic E-state index is -0.347.